The maximum absolute atomic E-state index is 13.2. The Balaban J connectivity index is 1.24. The van der Waals surface area contributed by atoms with E-state index in [0.29, 0.717) is 24.7 Å². The molecule has 2 aliphatic heterocycles. The fraction of sp³-hybridized carbons (Fsp3) is 0.448. The van der Waals surface area contributed by atoms with E-state index >= 15 is 0 Å². The molecule has 0 N–H and O–H groups in total. The summed E-state index contributed by atoms with van der Waals surface area (Å²) in [6.45, 7) is 5.77. The smallest absolute Gasteiger partial charge is 0.410 e. The zero-order chi connectivity index (χ0) is 26.0. The number of cyclic esters (lactones) is 1. The van der Waals surface area contributed by atoms with Crippen molar-refractivity contribution >= 4 is 29.7 Å². The summed E-state index contributed by atoms with van der Waals surface area (Å²) in [5, 5.41) is 0.595. The van der Waals surface area contributed by atoms with Gasteiger partial charge in [0.15, 0.2) is 0 Å². The Morgan fingerprint density at radius 3 is 2.62 bits per heavy atom. The first kappa shape index (κ1) is 25.7. The van der Waals surface area contributed by atoms with Crippen LogP contribution in [0.25, 0.3) is 6.08 Å². The van der Waals surface area contributed by atoms with Crippen LogP contribution in [-0.4, -0.2) is 64.5 Å². The van der Waals surface area contributed by atoms with E-state index in [1.165, 1.54) is 12.1 Å². The number of benzene rings is 2. The molecule has 2 heterocycles. The highest BCUT2D eigenvalue weighted by Crippen LogP contribution is 2.41. The molecular weight excluding hydrogens is 493 g/mol. The molecule has 1 aliphatic carbocycles. The van der Waals surface area contributed by atoms with Crippen LogP contribution in [0, 0.1) is 5.82 Å². The molecule has 3 fully saturated rings. The zero-order valence-corrected chi connectivity index (χ0v) is 21.9. The first-order valence-corrected chi connectivity index (χ1v) is 13.4. The predicted molar refractivity (Wildman–Crippen MR) is 141 cm³/mol. The third-order valence-electron chi connectivity index (χ3n) is 7.94. The van der Waals surface area contributed by atoms with Crippen LogP contribution in [0.15, 0.2) is 48.5 Å². The van der Waals surface area contributed by atoms with E-state index < -0.39 is 0 Å². The molecule has 3 aliphatic rings. The molecule has 8 heteroatoms. The molecule has 37 heavy (non-hydrogen) atoms. The number of nitrogens with zero attached hydrogens (tertiary/aromatic N) is 3. The lowest BCUT2D eigenvalue weighted by Gasteiger charge is -2.39. The number of rotatable bonds is 6. The van der Waals surface area contributed by atoms with E-state index in [0.717, 1.165) is 62.0 Å². The quantitative estimate of drug-likeness (QED) is 0.468. The maximum atomic E-state index is 13.2. The number of amides is 2. The Morgan fingerprint density at radius 2 is 1.89 bits per heavy atom. The summed E-state index contributed by atoms with van der Waals surface area (Å²) in [5.74, 6) is -0.274. The molecule has 1 atom stereocenters. The van der Waals surface area contributed by atoms with Gasteiger partial charge in [-0.2, -0.15) is 0 Å². The number of carbonyl (C=O) groups is 2. The Hall–Kier alpha value is -2.90. The molecule has 1 spiro atoms. The van der Waals surface area contributed by atoms with Crippen molar-refractivity contribution in [2.75, 3.05) is 26.2 Å². The van der Waals surface area contributed by atoms with E-state index in [1.807, 2.05) is 28.0 Å². The maximum Gasteiger partial charge on any atom is 0.410 e. The summed E-state index contributed by atoms with van der Waals surface area (Å²) in [7, 11) is 0. The van der Waals surface area contributed by atoms with E-state index in [2.05, 4.69) is 11.8 Å². The van der Waals surface area contributed by atoms with Gasteiger partial charge < -0.3 is 9.64 Å². The van der Waals surface area contributed by atoms with Gasteiger partial charge in [0, 0.05) is 43.3 Å². The van der Waals surface area contributed by atoms with Crippen LogP contribution in [0.5, 0.6) is 0 Å². The fourth-order valence-corrected chi connectivity index (χ4v) is 6.07. The summed E-state index contributed by atoms with van der Waals surface area (Å²) in [6.07, 6.45) is 7.27. The van der Waals surface area contributed by atoms with Crippen molar-refractivity contribution in [2.45, 2.75) is 57.3 Å². The molecule has 2 aromatic carbocycles. The second kappa shape index (κ2) is 10.8. The van der Waals surface area contributed by atoms with E-state index in [9.17, 15) is 14.0 Å². The molecule has 196 valence electrons. The fourth-order valence-electron chi connectivity index (χ4n) is 5.88. The summed E-state index contributed by atoms with van der Waals surface area (Å²) in [5.41, 5.74) is 2.61. The van der Waals surface area contributed by atoms with Crippen molar-refractivity contribution in [3.63, 3.8) is 0 Å². The minimum atomic E-state index is -0.278. The molecule has 0 radical (unpaired) electrons. The average Bonchev–Trinajstić information content (AvgIpc) is 3.47. The van der Waals surface area contributed by atoms with Crippen LogP contribution in [0.2, 0.25) is 5.02 Å². The number of hydrogen-bond acceptors (Lipinski definition) is 4. The lowest BCUT2D eigenvalue weighted by Crippen LogP contribution is -2.53. The summed E-state index contributed by atoms with van der Waals surface area (Å²) in [6, 6.07) is 12.2. The van der Waals surface area contributed by atoms with Gasteiger partial charge in [0.05, 0.1) is 12.1 Å². The number of piperazine rings is 1. The van der Waals surface area contributed by atoms with Crippen molar-refractivity contribution in [2.24, 2.45) is 0 Å². The highest BCUT2D eigenvalue weighted by molar-refractivity contribution is 6.30. The highest BCUT2D eigenvalue weighted by atomic mass is 35.5. The lowest BCUT2D eigenvalue weighted by atomic mass is 9.96. The monoisotopic (exact) mass is 525 g/mol. The van der Waals surface area contributed by atoms with Crippen LogP contribution in [-0.2, 0) is 22.6 Å². The highest BCUT2D eigenvalue weighted by Gasteiger charge is 2.48. The van der Waals surface area contributed by atoms with E-state index in [1.54, 1.807) is 24.3 Å². The third kappa shape index (κ3) is 5.68. The van der Waals surface area contributed by atoms with Gasteiger partial charge in [0.1, 0.15) is 12.4 Å². The summed E-state index contributed by atoms with van der Waals surface area (Å²) < 4.78 is 18.6. The summed E-state index contributed by atoms with van der Waals surface area (Å²) in [4.78, 5) is 31.7. The van der Waals surface area contributed by atoms with Crippen LogP contribution >= 0.6 is 11.6 Å². The Morgan fingerprint density at radius 1 is 1.14 bits per heavy atom. The molecule has 2 aromatic rings. The van der Waals surface area contributed by atoms with Crippen molar-refractivity contribution < 1.29 is 18.7 Å². The molecule has 2 amide bonds. The predicted octanol–water partition coefficient (Wildman–Crippen LogP) is 5.49. The number of halogens is 2. The first-order chi connectivity index (χ1) is 17.8. The number of ether oxygens (including phenoxy) is 1. The van der Waals surface area contributed by atoms with Gasteiger partial charge in [0.25, 0.3) is 0 Å². The number of carbonyl (C=O) groups excluding carboxylic acids is 2. The second-order valence-corrected chi connectivity index (χ2v) is 10.9. The van der Waals surface area contributed by atoms with Gasteiger partial charge in [-0.25, -0.2) is 9.18 Å². The zero-order valence-electron chi connectivity index (χ0n) is 21.2. The normalized spacial score (nSPS) is 21.8. The minimum absolute atomic E-state index is 0.0392. The lowest BCUT2D eigenvalue weighted by molar-refractivity contribution is -0.130. The standard InChI is InChI=1S/C29H33ClFN3O3/c1-21-17-32(18-22-4-9-26(31)10-5-22)14-15-33(21)27(35)11-7-23-6-8-25(30)16-24(23)19-34-28(36)37-20-29(34)12-2-3-13-29/h4-11,16,21H,2-3,12-15,17-20H2,1H3/t21-/m1/s1. The molecule has 0 unspecified atom stereocenters. The van der Waals surface area contributed by atoms with Crippen LogP contribution < -0.4 is 0 Å². The van der Waals surface area contributed by atoms with Crippen LogP contribution in [0.4, 0.5) is 9.18 Å². The molecular formula is C29H33ClFN3O3. The van der Waals surface area contributed by atoms with Crippen molar-refractivity contribution in [1.29, 1.82) is 0 Å². The van der Waals surface area contributed by atoms with Gasteiger partial charge in [-0.3, -0.25) is 14.6 Å². The van der Waals surface area contributed by atoms with Gasteiger partial charge in [0.2, 0.25) is 5.91 Å². The van der Waals surface area contributed by atoms with Crippen LogP contribution in [0.3, 0.4) is 0 Å². The SMILES string of the molecule is C[C@@H]1CN(Cc2ccc(F)cc2)CCN1C(=O)C=Cc1ccc(Cl)cc1CN1C(=O)OCC12CCCC2. The van der Waals surface area contributed by atoms with Crippen molar-refractivity contribution in [3.05, 3.63) is 76.1 Å². The van der Waals surface area contributed by atoms with Gasteiger partial charge in [-0.05, 0) is 66.8 Å². The molecule has 6 nitrogen and oxygen atoms in total. The van der Waals surface area contributed by atoms with E-state index in [-0.39, 0.29) is 29.4 Å². The van der Waals surface area contributed by atoms with Crippen molar-refractivity contribution in [1.82, 2.24) is 14.7 Å². The first-order valence-electron chi connectivity index (χ1n) is 13.0. The third-order valence-corrected chi connectivity index (χ3v) is 8.18. The van der Waals surface area contributed by atoms with E-state index in [4.69, 9.17) is 16.3 Å². The Kier molecular flexibility index (Phi) is 7.54. The average molecular weight is 526 g/mol. The minimum Gasteiger partial charge on any atom is -0.447 e. The number of hydrogen-bond donors (Lipinski definition) is 0. The van der Waals surface area contributed by atoms with Gasteiger partial charge in [-0.1, -0.05) is 42.6 Å². The molecule has 1 saturated carbocycles. The Bertz CT molecular complexity index is 1180. The van der Waals surface area contributed by atoms with Crippen molar-refractivity contribution in [3.8, 4) is 0 Å². The topological polar surface area (TPSA) is 53.1 Å². The van der Waals surface area contributed by atoms with Gasteiger partial charge >= 0.3 is 6.09 Å². The molecule has 5 rings (SSSR count). The summed E-state index contributed by atoms with van der Waals surface area (Å²) >= 11 is 6.32. The molecule has 0 aromatic heterocycles. The van der Waals surface area contributed by atoms with Gasteiger partial charge in [-0.15, -0.1) is 0 Å². The molecule has 0 bridgehead atoms. The second-order valence-electron chi connectivity index (χ2n) is 10.5. The Labute approximate surface area is 222 Å². The van der Waals surface area contributed by atoms with Crippen LogP contribution in [0.1, 0.15) is 49.3 Å². The molecule has 2 saturated heterocycles. The largest absolute Gasteiger partial charge is 0.447 e.